The van der Waals surface area contributed by atoms with Crippen molar-refractivity contribution < 1.29 is 10.0 Å². The standard InChI is InChI=1S/C29H36N6O2/c1-32(2)29(36)22-7-5-20(6-8-22)21-12-15-35(16-13-21)19-24-17-26-25(11-14-30-28(26)34(24)4)23-9-10-27(31-37)33(3)18-23/h5-11,14,17-18,21,27,31,37H,12-13,15-16,19H2,1-4H3. The Hall–Kier alpha value is -3.46. The van der Waals surface area contributed by atoms with Crippen LogP contribution >= 0.6 is 0 Å². The van der Waals surface area contributed by atoms with Crippen molar-refractivity contribution in [1.29, 1.82) is 0 Å². The van der Waals surface area contributed by atoms with Gasteiger partial charge in [0.2, 0.25) is 0 Å². The summed E-state index contributed by atoms with van der Waals surface area (Å²) < 4.78 is 2.21. The molecule has 3 aromatic rings. The molecule has 0 spiro atoms. The molecule has 194 valence electrons. The lowest BCUT2D eigenvalue weighted by Gasteiger charge is -2.32. The Morgan fingerprint density at radius 3 is 2.51 bits per heavy atom. The largest absolute Gasteiger partial charge is 0.359 e. The van der Waals surface area contributed by atoms with E-state index < -0.39 is 0 Å². The van der Waals surface area contributed by atoms with Crippen LogP contribution in [-0.4, -0.2) is 75.8 Å². The van der Waals surface area contributed by atoms with Crippen molar-refractivity contribution in [3.05, 3.63) is 83.3 Å². The summed E-state index contributed by atoms with van der Waals surface area (Å²) in [7, 11) is 7.60. The third-order valence-corrected chi connectivity index (χ3v) is 7.72. The Kier molecular flexibility index (Phi) is 7.15. The van der Waals surface area contributed by atoms with Gasteiger partial charge in [0.25, 0.3) is 5.91 Å². The van der Waals surface area contributed by atoms with Gasteiger partial charge >= 0.3 is 0 Å². The van der Waals surface area contributed by atoms with E-state index in [1.165, 1.54) is 11.3 Å². The minimum absolute atomic E-state index is 0.0446. The van der Waals surface area contributed by atoms with E-state index in [9.17, 15) is 10.0 Å². The van der Waals surface area contributed by atoms with E-state index in [1.807, 2.05) is 48.6 Å². The molecule has 5 rings (SSSR count). The molecule has 4 heterocycles. The van der Waals surface area contributed by atoms with Crippen molar-refractivity contribution in [2.45, 2.75) is 31.5 Å². The smallest absolute Gasteiger partial charge is 0.253 e. The molecule has 8 heteroatoms. The number of fused-ring (bicyclic) bond motifs is 1. The number of nitrogens with zero attached hydrogens (tertiary/aromatic N) is 5. The maximum absolute atomic E-state index is 12.2. The third kappa shape index (κ3) is 5.05. The first-order valence-electron chi connectivity index (χ1n) is 12.8. The molecule has 2 aromatic heterocycles. The number of amides is 1. The summed E-state index contributed by atoms with van der Waals surface area (Å²) >= 11 is 0. The number of carbonyl (C=O) groups excluding carboxylic acids is 1. The van der Waals surface area contributed by atoms with E-state index in [4.69, 9.17) is 0 Å². The average Bonchev–Trinajstić information content (AvgIpc) is 3.23. The Bertz CT molecular complexity index is 1330. The average molecular weight is 501 g/mol. The summed E-state index contributed by atoms with van der Waals surface area (Å²) in [5.41, 5.74) is 8.84. The Morgan fingerprint density at radius 2 is 1.86 bits per heavy atom. The maximum Gasteiger partial charge on any atom is 0.253 e. The van der Waals surface area contributed by atoms with Gasteiger partial charge in [0.05, 0.1) is 0 Å². The molecule has 2 N–H and O–H groups in total. The topological polar surface area (TPSA) is 76.9 Å². The van der Waals surface area contributed by atoms with Crippen LogP contribution in [0.15, 0.2) is 60.9 Å². The van der Waals surface area contributed by atoms with Crippen LogP contribution in [0.25, 0.3) is 16.6 Å². The van der Waals surface area contributed by atoms with Crippen LogP contribution in [0.1, 0.15) is 45.9 Å². The number of rotatable bonds is 6. The summed E-state index contributed by atoms with van der Waals surface area (Å²) in [5.74, 6) is 0.572. The fraction of sp³-hybridized carbons (Fsp3) is 0.379. The van der Waals surface area contributed by atoms with Crippen LogP contribution < -0.4 is 5.48 Å². The van der Waals surface area contributed by atoms with Crippen LogP contribution in [0.4, 0.5) is 0 Å². The first kappa shape index (κ1) is 25.2. The van der Waals surface area contributed by atoms with Crippen LogP contribution in [0, 0.1) is 0 Å². The predicted molar refractivity (Wildman–Crippen MR) is 146 cm³/mol. The summed E-state index contributed by atoms with van der Waals surface area (Å²) in [6, 6.07) is 12.5. The second kappa shape index (κ2) is 10.5. The lowest BCUT2D eigenvalue weighted by Crippen LogP contribution is -2.38. The molecule has 1 saturated heterocycles. The fourth-order valence-corrected chi connectivity index (χ4v) is 5.45. The monoisotopic (exact) mass is 500 g/mol. The molecule has 1 unspecified atom stereocenters. The van der Waals surface area contributed by atoms with E-state index >= 15 is 0 Å². The second-order valence-corrected chi connectivity index (χ2v) is 10.3. The van der Waals surface area contributed by atoms with Gasteiger partial charge in [-0.2, -0.15) is 5.48 Å². The predicted octanol–water partition coefficient (Wildman–Crippen LogP) is 3.80. The number of hydrogen-bond acceptors (Lipinski definition) is 6. The second-order valence-electron chi connectivity index (χ2n) is 10.3. The summed E-state index contributed by atoms with van der Waals surface area (Å²) in [4.78, 5) is 23.0. The van der Waals surface area contributed by atoms with E-state index in [2.05, 4.69) is 51.2 Å². The van der Waals surface area contributed by atoms with Gasteiger partial charge in [-0.05, 0) is 78.9 Å². The molecule has 0 bridgehead atoms. The van der Waals surface area contributed by atoms with Gasteiger partial charge in [0.1, 0.15) is 11.8 Å². The van der Waals surface area contributed by atoms with E-state index in [-0.39, 0.29) is 12.1 Å². The lowest BCUT2D eigenvalue weighted by atomic mass is 9.89. The first-order chi connectivity index (χ1) is 17.9. The normalized spacial score (nSPS) is 18.9. The minimum atomic E-state index is -0.228. The number of likely N-dealkylation sites (N-methyl/N-ethyl adjacent to an activating group) is 1. The van der Waals surface area contributed by atoms with Crippen molar-refractivity contribution in [2.24, 2.45) is 7.05 Å². The van der Waals surface area contributed by atoms with Gasteiger partial charge in [0.15, 0.2) is 0 Å². The molecular weight excluding hydrogens is 464 g/mol. The summed E-state index contributed by atoms with van der Waals surface area (Å²) in [5, 5.41) is 10.5. The first-order valence-corrected chi connectivity index (χ1v) is 12.8. The quantitative estimate of drug-likeness (QED) is 0.502. The van der Waals surface area contributed by atoms with Crippen molar-refractivity contribution >= 4 is 22.5 Å². The van der Waals surface area contributed by atoms with Crippen LogP contribution in [0.5, 0.6) is 0 Å². The Labute approximate surface area is 218 Å². The number of pyridine rings is 1. The van der Waals surface area contributed by atoms with Crippen LogP contribution in [0.3, 0.4) is 0 Å². The molecule has 8 nitrogen and oxygen atoms in total. The fourth-order valence-electron chi connectivity index (χ4n) is 5.45. The number of benzene rings is 1. The van der Waals surface area contributed by atoms with Gasteiger partial charge in [-0.3, -0.25) is 9.69 Å². The van der Waals surface area contributed by atoms with Crippen molar-refractivity contribution in [1.82, 2.24) is 29.7 Å². The number of piperidine rings is 1. The summed E-state index contributed by atoms with van der Waals surface area (Å²) in [6.07, 6.45) is 9.90. The highest BCUT2D eigenvalue weighted by atomic mass is 16.5. The van der Waals surface area contributed by atoms with Gasteiger partial charge in [-0.15, -0.1) is 0 Å². The van der Waals surface area contributed by atoms with E-state index in [0.29, 0.717) is 5.92 Å². The number of aromatic nitrogens is 2. The number of allylic oxidation sites excluding steroid dienone is 2. The highest BCUT2D eigenvalue weighted by molar-refractivity contribution is 5.94. The Balaban J connectivity index is 1.27. The molecule has 1 atom stereocenters. The highest BCUT2D eigenvalue weighted by Gasteiger charge is 2.23. The van der Waals surface area contributed by atoms with Gasteiger partial charge in [0, 0.05) is 63.8 Å². The number of hydroxylamine groups is 1. The van der Waals surface area contributed by atoms with Gasteiger partial charge in [-0.25, -0.2) is 4.98 Å². The highest BCUT2D eigenvalue weighted by Crippen LogP contribution is 2.32. The van der Waals surface area contributed by atoms with Gasteiger partial charge < -0.3 is 19.6 Å². The zero-order valence-corrected chi connectivity index (χ0v) is 22.1. The van der Waals surface area contributed by atoms with Gasteiger partial charge in [-0.1, -0.05) is 18.2 Å². The summed E-state index contributed by atoms with van der Waals surface area (Å²) in [6.45, 7) is 2.97. The maximum atomic E-state index is 12.2. The molecule has 2 aliphatic heterocycles. The number of carbonyl (C=O) groups is 1. The van der Waals surface area contributed by atoms with Crippen LogP contribution in [0.2, 0.25) is 0 Å². The molecule has 0 aliphatic carbocycles. The molecule has 0 saturated carbocycles. The SMILES string of the molecule is CN(C)C(=O)c1ccc(C2CCN(Cc3cc4c(C5=CN(C)C(NO)C=C5)ccnc4n3C)CC2)cc1. The minimum Gasteiger partial charge on any atom is -0.359 e. The number of nitrogens with one attached hydrogen (secondary N) is 1. The zero-order valence-electron chi connectivity index (χ0n) is 22.1. The molecule has 2 aliphatic rings. The van der Waals surface area contributed by atoms with Crippen molar-refractivity contribution in [3.63, 3.8) is 0 Å². The van der Waals surface area contributed by atoms with Crippen LogP contribution in [-0.2, 0) is 13.6 Å². The molecule has 0 radical (unpaired) electrons. The number of likely N-dealkylation sites (tertiary alicyclic amines) is 1. The van der Waals surface area contributed by atoms with E-state index in [0.717, 1.165) is 60.2 Å². The van der Waals surface area contributed by atoms with Crippen molar-refractivity contribution in [2.75, 3.05) is 34.2 Å². The number of hydrogen-bond donors (Lipinski definition) is 2. The zero-order chi connectivity index (χ0) is 26.1. The van der Waals surface area contributed by atoms with Crippen molar-refractivity contribution in [3.8, 4) is 0 Å². The Morgan fingerprint density at radius 1 is 1.14 bits per heavy atom. The molecule has 1 aromatic carbocycles. The van der Waals surface area contributed by atoms with E-state index in [1.54, 1.807) is 19.0 Å². The third-order valence-electron chi connectivity index (χ3n) is 7.72. The number of aryl methyl sites for hydroxylation is 1. The molecule has 1 amide bonds. The molecular formula is C29H36N6O2. The molecule has 1 fully saturated rings. The molecule has 37 heavy (non-hydrogen) atoms. The lowest BCUT2D eigenvalue weighted by molar-refractivity contribution is 0.0827.